The predicted octanol–water partition coefficient (Wildman–Crippen LogP) is 1.39. The normalized spacial score (nSPS) is 1.00. The van der Waals surface area contributed by atoms with Gasteiger partial charge in [0, 0.05) is 65.4 Å². The van der Waals surface area contributed by atoms with Gasteiger partial charge in [-0.3, -0.25) is 0 Å². The van der Waals surface area contributed by atoms with Crippen LogP contribution in [0.1, 0.15) is 0 Å². The molecule has 1 unspecified atom stereocenters. The van der Waals surface area contributed by atoms with E-state index < -0.39 is 0 Å². The molecule has 0 aromatic heterocycles. The van der Waals surface area contributed by atoms with Crippen LogP contribution in [0.15, 0.2) is 0 Å². The summed E-state index contributed by atoms with van der Waals surface area (Å²) < 4.78 is 0. The average molecular weight is 256 g/mol. The maximum atomic E-state index is 2.42. The summed E-state index contributed by atoms with van der Waals surface area (Å²) in [4.78, 5) is 0. The Labute approximate surface area is 94.6 Å². The second kappa shape index (κ2) is 48.4. The van der Waals surface area contributed by atoms with Gasteiger partial charge in [-0.25, -0.2) is 0 Å². The summed E-state index contributed by atoms with van der Waals surface area (Å²) >= 11 is 0. The molecule has 1 atom stereocenters. The van der Waals surface area contributed by atoms with Crippen molar-refractivity contribution >= 4 is 9.24 Å². The minimum atomic E-state index is 0. The molecular formula is C3H11PY2-2. The van der Waals surface area contributed by atoms with E-state index in [9.17, 15) is 0 Å². The van der Waals surface area contributed by atoms with Gasteiger partial charge in [-0.05, 0) is 0 Å². The van der Waals surface area contributed by atoms with Crippen molar-refractivity contribution in [2.75, 3.05) is 6.66 Å². The van der Waals surface area contributed by atoms with Crippen LogP contribution in [-0.4, -0.2) is 6.66 Å². The minimum absolute atomic E-state index is 0. The third kappa shape index (κ3) is 30.3. The molecular weight excluding hydrogens is 245 g/mol. The van der Waals surface area contributed by atoms with Crippen LogP contribution >= 0.6 is 9.24 Å². The van der Waals surface area contributed by atoms with Crippen LogP contribution < -0.4 is 0 Å². The summed E-state index contributed by atoms with van der Waals surface area (Å²) in [5.74, 6) is 0. The van der Waals surface area contributed by atoms with Gasteiger partial charge in [0.2, 0.25) is 0 Å². The fourth-order valence-electron chi connectivity index (χ4n) is 0. The quantitative estimate of drug-likeness (QED) is 0.453. The van der Waals surface area contributed by atoms with E-state index in [0.717, 1.165) is 0 Å². The van der Waals surface area contributed by atoms with Crippen LogP contribution in [0.25, 0.3) is 0 Å². The molecule has 0 saturated heterocycles. The average Bonchev–Trinajstić information content (AvgIpc) is 1.00. The van der Waals surface area contributed by atoms with E-state index in [1.54, 1.807) is 0 Å². The van der Waals surface area contributed by atoms with Gasteiger partial charge in [0.25, 0.3) is 0 Å². The molecule has 0 saturated carbocycles. The summed E-state index contributed by atoms with van der Waals surface area (Å²) in [7, 11) is 2.42. The zero-order valence-electron chi connectivity index (χ0n) is 4.73. The van der Waals surface area contributed by atoms with Crippen LogP contribution in [0.5, 0.6) is 0 Å². The van der Waals surface area contributed by atoms with Gasteiger partial charge in [-0.1, -0.05) is 6.66 Å². The van der Waals surface area contributed by atoms with Gasteiger partial charge < -0.3 is 14.9 Å². The van der Waals surface area contributed by atoms with Gasteiger partial charge >= 0.3 is 0 Å². The smallest absolute Gasteiger partial charge is 0 e. The Hall–Kier alpha value is 2.64. The fraction of sp³-hybridized carbons (Fsp3) is 0.333. The molecule has 0 aliphatic heterocycles. The monoisotopic (exact) mass is 256 g/mol. The largest absolute Gasteiger partial charge is 0.358 e. The van der Waals surface area contributed by atoms with Crippen molar-refractivity contribution in [3.05, 3.63) is 14.9 Å². The van der Waals surface area contributed by atoms with E-state index in [1.807, 2.05) is 6.66 Å². The zero-order valence-corrected chi connectivity index (χ0v) is 11.6. The van der Waals surface area contributed by atoms with E-state index >= 15 is 0 Å². The topological polar surface area (TPSA) is 0 Å². The molecule has 0 amide bonds. The standard InChI is InChI=1S/CH5P.2CH3.2Y/c1-2;;;;/h2H2,1H3;2*1H3;;/q;2*-1;;. The van der Waals surface area contributed by atoms with Crippen LogP contribution in [0, 0.1) is 14.9 Å². The van der Waals surface area contributed by atoms with Crippen molar-refractivity contribution < 1.29 is 65.4 Å². The molecule has 0 heterocycles. The first-order valence-electron chi connectivity index (χ1n) is 0.577. The first-order chi connectivity index (χ1) is 1.00. The molecule has 0 aromatic rings. The van der Waals surface area contributed by atoms with Crippen molar-refractivity contribution in [2.45, 2.75) is 0 Å². The van der Waals surface area contributed by atoms with Gasteiger partial charge in [0.1, 0.15) is 0 Å². The molecule has 0 nitrogen and oxygen atoms in total. The molecule has 0 aliphatic rings. The molecule has 0 rings (SSSR count). The van der Waals surface area contributed by atoms with Gasteiger partial charge in [-0.2, -0.15) is 0 Å². The van der Waals surface area contributed by atoms with Crippen LogP contribution in [-0.2, 0) is 65.4 Å². The minimum Gasteiger partial charge on any atom is -0.358 e. The Morgan fingerprint density at radius 2 is 0.833 bits per heavy atom. The van der Waals surface area contributed by atoms with Crippen molar-refractivity contribution in [3.63, 3.8) is 0 Å². The molecule has 36 valence electrons. The van der Waals surface area contributed by atoms with Crippen molar-refractivity contribution in [3.8, 4) is 0 Å². The first kappa shape index (κ1) is 38.1. The Morgan fingerprint density at radius 1 is 0.833 bits per heavy atom. The predicted molar refractivity (Wildman–Crippen MR) is 28.5 cm³/mol. The molecule has 0 fully saturated rings. The van der Waals surface area contributed by atoms with E-state index in [-0.39, 0.29) is 80.3 Å². The van der Waals surface area contributed by atoms with Crippen molar-refractivity contribution in [2.24, 2.45) is 0 Å². The van der Waals surface area contributed by atoms with E-state index in [4.69, 9.17) is 0 Å². The van der Waals surface area contributed by atoms with Gasteiger partial charge in [0.15, 0.2) is 0 Å². The Morgan fingerprint density at radius 3 is 0.833 bits per heavy atom. The van der Waals surface area contributed by atoms with Crippen LogP contribution in [0.4, 0.5) is 0 Å². The van der Waals surface area contributed by atoms with Crippen molar-refractivity contribution in [1.29, 1.82) is 0 Å². The summed E-state index contributed by atoms with van der Waals surface area (Å²) in [5, 5.41) is 0. The molecule has 0 N–H and O–H groups in total. The Balaban J connectivity index is -0.000000000833. The molecule has 0 bridgehead atoms. The molecule has 2 radical (unpaired) electrons. The number of hydrogen-bond donors (Lipinski definition) is 0. The summed E-state index contributed by atoms with van der Waals surface area (Å²) in [5.41, 5.74) is 0. The SMILES string of the molecule is CP.[CH3-].[CH3-].[Y].[Y]. The second-order valence-corrected chi connectivity index (χ2v) is 0. The molecule has 6 heavy (non-hydrogen) atoms. The molecule has 0 spiro atoms. The fourth-order valence-corrected chi connectivity index (χ4v) is 0. The third-order valence-corrected chi connectivity index (χ3v) is 0. The summed E-state index contributed by atoms with van der Waals surface area (Å²) in [6.07, 6.45) is 0. The van der Waals surface area contributed by atoms with E-state index in [2.05, 4.69) is 9.24 Å². The number of rotatable bonds is 0. The van der Waals surface area contributed by atoms with Crippen LogP contribution in [0.3, 0.4) is 0 Å². The maximum Gasteiger partial charge on any atom is 0 e. The van der Waals surface area contributed by atoms with E-state index in [1.165, 1.54) is 0 Å². The molecule has 3 heteroatoms. The van der Waals surface area contributed by atoms with Crippen LogP contribution in [0.2, 0.25) is 0 Å². The summed E-state index contributed by atoms with van der Waals surface area (Å²) in [6.45, 7) is 1.92. The van der Waals surface area contributed by atoms with Crippen molar-refractivity contribution in [1.82, 2.24) is 0 Å². The Bertz CT molecular complexity index is 8.75. The Kier molecular flexibility index (Phi) is 307. The molecule has 0 aromatic carbocycles. The van der Waals surface area contributed by atoms with Gasteiger partial charge in [0.05, 0.1) is 0 Å². The maximum absolute atomic E-state index is 2.42. The van der Waals surface area contributed by atoms with E-state index in [0.29, 0.717) is 0 Å². The second-order valence-electron chi connectivity index (χ2n) is 0. The third-order valence-electron chi connectivity index (χ3n) is 0. The first-order valence-corrected chi connectivity index (χ1v) is 1.73. The zero-order chi connectivity index (χ0) is 2.00. The van der Waals surface area contributed by atoms with Gasteiger partial charge in [-0.15, -0.1) is 9.24 Å². The number of hydrogen-bond acceptors (Lipinski definition) is 0. The summed E-state index contributed by atoms with van der Waals surface area (Å²) in [6, 6.07) is 0. The molecule has 0 aliphatic carbocycles.